The number of hydrogen-bond donors (Lipinski definition) is 1. The Morgan fingerprint density at radius 2 is 2.11 bits per heavy atom. The van der Waals surface area contributed by atoms with Crippen molar-refractivity contribution in [2.45, 2.75) is 39.3 Å². The molecule has 0 saturated carbocycles. The Morgan fingerprint density at radius 1 is 1.33 bits per heavy atom. The summed E-state index contributed by atoms with van der Waals surface area (Å²) in [5, 5.41) is 3.27. The molecule has 0 bridgehead atoms. The van der Waals surface area contributed by atoms with Crippen molar-refractivity contribution in [3.05, 3.63) is 24.0 Å². The minimum Gasteiger partial charge on any atom is -0.492 e. The molecule has 1 heterocycles. The number of ether oxygens (including phenoxy) is 2. The van der Waals surface area contributed by atoms with Gasteiger partial charge in [-0.05, 0) is 38.9 Å². The monoisotopic (exact) mass is 252 g/mol. The summed E-state index contributed by atoms with van der Waals surface area (Å²) in [4.78, 5) is 4.23. The fraction of sp³-hybridized carbons (Fsp3) is 0.643. The van der Waals surface area contributed by atoms with E-state index >= 15 is 0 Å². The number of hydrogen-bond acceptors (Lipinski definition) is 4. The Labute approximate surface area is 110 Å². The van der Waals surface area contributed by atoms with Crippen molar-refractivity contribution < 1.29 is 9.47 Å². The predicted molar refractivity (Wildman–Crippen MR) is 72.9 cm³/mol. The van der Waals surface area contributed by atoms with Gasteiger partial charge in [-0.2, -0.15) is 0 Å². The van der Waals surface area contributed by atoms with E-state index in [9.17, 15) is 0 Å². The molecule has 1 rings (SSSR count). The van der Waals surface area contributed by atoms with Crippen molar-refractivity contribution in [1.82, 2.24) is 10.3 Å². The van der Waals surface area contributed by atoms with Crippen molar-refractivity contribution in [3.63, 3.8) is 0 Å². The number of aromatic nitrogens is 1. The largest absolute Gasteiger partial charge is 0.492 e. The van der Waals surface area contributed by atoms with Crippen LogP contribution < -0.4 is 10.1 Å². The zero-order valence-electron chi connectivity index (χ0n) is 11.8. The highest BCUT2D eigenvalue weighted by atomic mass is 16.5. The van der Waals surface area contributed by atoms with Gasteiger partial charge in [0.15, 0.2) is 0 Å². The summed E-state index contributed by atoms with van der Waals surface area (Å²) in [5.74, 6) is 0.818. The van der Waals surface area contributed by atoms with Crippen molar-refractivity contribution in [2.75, 3.05) is 20.3 Å². The van der Waals surface area contributed by atoms with Crippen LogP contribution in [0.4, 0.5) is 0 Å². The van der Waals surface area contributed by atoms with E-state index < -0.39 is 0 Å². The van der Waals surface area contributed by atoms with E-state index in [1.807, 2.05) is 26.2 Å². The maximum Gasteiger partial charge on any atom is 0.137 e. The predicted octanol–water partition coefficient (Wildman–Crippen LogP) is 2.56. The summed E-state index contributed by atoms with van der Waals surface area (Å²) in [6.45, 7) is 7.58. The molecule has 2 unspecified atom stereocenters. The summed E-state index contributed by atoms with van der Waals surface area (Å²) in [7, 11) is 1.93. The number of nitrogens with zero attached hydrogens (tertiary/aromatic N) is 1. The third-order valence-corrected chi connectivity index (χ3v) is 2.78. The first kappa shape index (κ1) is 14.9. The molecule has 0 aromatic carbocycles. The van der Waals surface area contributed by atoms with Crippen LogP contribution in [0.25, 0.3) is 0 Å². The molecule has 0 aliphatic heterocycles. The summed E-state index contributed by atoms with van der Waals surface area (Å²) in [6, 6.07) is 2.15. The molecular weight excluding hydrogens is 228 g/mol. The zero-order chi connectivity index (χ0) is 13.4. The number of rotatable bonds is 8. The number of likely N-dealkylation sites (N-methyl/N-ethyl adjacent to an activating group) is 1. The van der Waals surface area contributed by atoms with E-state index in [4.69, 9.17) is 9.47 Å². The Morgan fingerprint density at radius 3 is 2.72 bits per heavy atom. The number of nitrogens with one attached hydrogen (secondary N) is 1. The first-order chi connectivity index (χ1) is 8.72. The van der Waals surface area contributed by atoms with E-state index in [-0.39, 0.29) is 12.1 Å². The minimum absolute atomic E-state index is 0.100. The van der Waals surface area contributed by atoms with Crippen LogP contribution in [0.5, 0.6) is 5.75 Å². The molecule has 4 heteroatoms. The normalized spacial score (nSPS) is 14.2. The van der Waals surface area contributed by atoms with E-state index in [0.717, 1.165) is 24.3 Å². The molecule has 0 aliphatic rings. The molecule has 0 aliphatic carbocycles. The molecular formula is C14H24N2O2. The third-order valence-electron chi connectivity index (χ3n) is 2.78. The second-order valence-corrected chi connectivity index (χ2v) is 4.23. The smallest absolute Gasteiger partial charge is 0.137 e. The summed E-state index contributed by atoms with van der Waals surface area (Å²) < 4.78 is 11.2. The lowest BCUT2D eigenvalue weighted by Crippen LogP contribution is -2.29. The Bertz CT molecular complexity index is 344. The van der Waals surface area contributed by atoms with Crippen LogP contribution in [0.15, 0.2) is 18.5 Å². The molecule has 4 nitrogen and oxygen atoms in total. The zero-order valence-corrected chi connectivity index (χ0v) is 11.8. The van der Waals surface area contributed by atoms with Crippen molar-refractivity contribution in [2.24, 2.45) is 0 Å². The lowest BCUT2D eigenvalue weighted by molar-refractivity contribution is 0.0492. The molecule has 1 aromatic heterocycles. The molecule has 102 valence electrons. The molecule has 18 heavy (non-hydrogen) atoms. The topological polar surface area (TPSA) is 43.4 Å². The SMILES string of the molecule is CCCOc1cncc(C(NC)C(C)OCC)c1. The second-order valence-electron chi connectivity index (χ2n) is 4.23. The van der Waals surface area contributed by atoms with Gasteiger partial charge in [-0.25, -0.2) is 0 Å². The summed E-state index contributed by atoms with van der Waals surface area (Å²) >= 11 is 0. The van der Waals surface area contributed by atoms with Gasteiger partial charge >= 0.3 is 0 Å². The van der Waals surface area contributed by atoms with Crippen LogP contribution >= 0.6 is 0 Å². The van der Waals surface area contributed by atoms with Gasteiger partial charge in [-0.15, -0.1) is 0 Å². The van der Waals surface area contributed by atoms with E-state index in [1.165, 1.54) is 0 Å². The van der Waals surface area contributed by atoms with Gasteiger partial charge in [0.25, 0.3) is 0 Å². The van der Waals surface area contributed by atoms with Crippen molar-refractivity contribution >= 4 is 0 Å². The quantitative estimate of drug-likeness (QED) is 0.772. The minimum atomic E-state index is 0.100. The summed E-state index contributed by atoms with van der Waals surface area (Å²) in [6.07, 6.45) is 4.70. The van der Waals surface area contributed by atoms with Gasteiger partial charge in [0.1, 0.15) is 5.75 Å². The van der Waals surface area contributed by atoms with Crippen LogP contribution in [-0.2, 0) is 4.74 Å². The standard InChI is InChI=1S/C14H24N2O2/c1-5-7-18-13-8-12(9-16-10-13)14(15-4)11(3)17-6-2/h8-11,14-15H,5-7H2,1-4H3. The molecule has 0 fully saturated rings. The Kier molecular flexibility index (Phi) is 6.68. The maximum atomic E-state index is 5.64. The van der Waals surface area contributed by atoms with Gasteiger partial charge in [-0.3, -0.25) is 4.98 Å². The van der Waals surface area contributed by atoms with E-state index in [0.29, 0.717) is 6.61 Å². The molecule has 0 saturated heterocycles. The van der Waals surface area contributed by atoms with Crippen LogP contribution in [0.1, 0.15) is 38.8 Å². The maximum absolute atomic E-state index is 5.64. The van der Waals surface area contributed by atoms with Crippen LogP contribution in [0, 0.1) is 0 Å². The van der Waals surface area contributed by atoms with Gasteiger partial charge in [0.2, 0.25) is 0 Å². The van der Waals surface area contributed by atoms with Crippen molar-refractivity contribution in [1.29, 1.82) is 0 Å². The molecule has 1 N–H and O–H groups in total. The van der Waals surface area contributed by atoms with Crippen LogP contribution in [0.2, 0.25) is 0 Å². The molecule has 0 radical (unpaired) electrons. The molecule has 0 amide bonds. The number of pyridine rings is 1. The molecule has 1 aromatic rings. The van der Waals surface area contributed by atoms with Gasteiger partial charge in [0.05, 0.1) is 24.9 Å². The van der Waals surface area contributed by atoms with Crippen LogP contribution in [-0.4, -0.2) is 31.3 Å². The Balaban J connectivity index is 2.78. The van der Waals surface area contributed by atoms with E-state index in [1.54, 1.807) is 6.20 Å². The molecule has 2 atom stereocenters. The van der Waals surface area contributed by atoms with Gasteiger partial charge < -0.3 is 14.8 Å². The highest BCUT2D eigenvalue weighted by Gasteiger charge is 2.18. The third kappa shape index (κ3) is 4.27. The van der Waals surface area contributed by atoms with Gasteiger partial charge in [0, 0.05) is 12.8 Å². The Hall–Kier alpha value is -1.13. The highest BCUT2D eigenvalue weighted by Crippen LogP contribution is 2.22. The highest BCUT2D eigenvalue weighted by molar-refractivity contribution is 5.26. The average molecular weight is 252 g/mol. The first-order valence-electron chi connectivity index (χ1n) is 6.59. The van der Waals surface area contributed by atoms with E-state index in [2.05, 4.69) is 24.1 Å². The fourth-order valence-electron chi connectivity index (χ4n) is 1.94. The van der Waals surface area contributed by atoms with Crippen LogP contribution in [0.3, 0.4) is 0 Å². The second kappa shape index (κ2) is 8.06. The summed E-state index contributed by atoms with van der Waals surface area (Å²) in [5.41, 5.74) is 1.09. The fourth-order valence-corrected chi connectivity index (χ4v) is 1.94. The lowest BCUT2D eigenvalue weighted by Gasteiger charge is -2.23. The first-order valence-corrected chi connectivity index (χ1v) is 6.59. The molecule has 0 spiro atoms. The lowest BCUT2D eigenvalue weighted by atomic mass is 10.0. The van der Waals surface area contributed by atoms with Crippen molar-refractivity contribution in [3.8, 4) is 5.75 Å². The average Bonchev–Trinajstić information content (AvgIpc) is 2.38. The van der Waals surface area contributed by atoms with Gasteiger partial charge in [-0.1, -0.05) is 6.92 Å².